The predicted octanol–water partition coefficient (Wildman–Crippen LogP) is 4.68. The largest absolute Gasteiger partial charge is 0.263 e. The minimum atomic E-state index is 0. The van der Waals surface area contributed by atoms with E-state index in [2.05, 4.69) is 63.2 Å². The van der Waals surface area contributed by atoms with Gasteiger partial charge in [0.1, 0.15) is 0 Å². The van der Waals surface area contributed by atoms with Gasteiger partial charge in [0.15, 0.2) is 0 Å². The molecule has 0 nitrogen and oxygen atoms in total. The summed E-state index contributed by atoms with van der Waals surface area (Å²) in [7, 11) is 0. The molecule has 0 saturated carbocycles. The van der Waals surface area contributed by atoms with E-state index in [1.165, 1.54) is 16.7 Å². The molecule has 1 rings (SSSR count). The van der Waals surface area contributed by atoms with E-state index in [1.54, 1.807) is 6.08 Å². The topological polar surface area (TPSA) is 0 Å². The summed E-state index contributed by atoms with van der Waals surface area (Å²) in [6, 6.07) is 0. The maximum Gasteiger partial charge on any atom is 0.0209 e. The predicted molar refractivity (Wildman–Crippen MR) is 68.6 cm³/mol. The van der Waals surface area contributed by atoms with Crippen molar-refractivity contribution in [2.24, 2.45) is 5.41 Å². The Morgan fingerprint density at radius 3 is 1.80 bits per heavy atom. The van der Waals surface area contributed by atoms with Gasteiger partial charge in [-0.1, -0.05) is 55.1 Å². The van der Waals surface area contributed by atoms with Crippen LogP contribution < -0.4 is 0 Å². The van der Waals surface area contributed by atoms with E-state index < -0.39 is 0 Å². The molecular formula is C13H20BrTi-. The van der Waals surface area contributed by atoms with Gasteiger partial charge in [0.2, 0.25) is 0 Å². The Morgan fingerprint density at radius 1 is 1.33 bits per heavy atom. The number of halogens is 1. The molecule has 0 bridgehead atoms. The van der Waals surface area contributed by atoms with Crippen molar-refractivity contribution in [1.82, 2.24) is 0 Å². The van der Waals surface area contributed by atoms with E-state index in [-0.39, 0.29) is 27.1 Å². The summed E-state index contributed by atoms with van der Waals surface area (Å²) < 4.78 is 0. The SMILES string of the molecule is C=CCBr.CC1=[C-]C(C)(C)C(C)=C1C.[Ti]. The molecule has 0 amide bonds. The van der Waals surface area contributed by atoms with E-state index in [0.29, 0.717) is 0 Å². The van der Waals surface area contributed by atoms with Crippen molar-refractivity contribution in [2.45, 2.75) is 34.6 Å². The minimum absolute atomic E-state index is 0. The van der Waals surface area contributed by atoms with Gasteiger partial charge in [-0.25, -0.2) is 5.57 Å². The summed E-state index contributed by atoms with van der Waals surface area (Å²) in [6.45, 7) is 14.4. The molecule has 0 saturated heterocycles. The Balaban J connectivity index is 0. The molecule has 0 radical (unpaired) electrons. The zero-order valence-corrected chi connectivity index (χ0v) is 13.5. The van der Waals surface area contributed by atoms with Gasteiger partial charge in [0.25, 0.3) is 0 Å². The summed E-state index contributed by atoms with van der Waals surface area (Å²) in [4.78, 5) is 0. The number of hydrogen-bond donors (Lipinski definition) is 0. The van der Waals surface area contributed by atoms with Crippen molar-refractivity contribution in [3.8, 4) is 0 Å². The monoisotopic (exact) mass is 303 g/mol. The van der Waals surface area contributed by atoms with E-state index in [0.717, 1.165) is 5.33 Å². The van der Waals surface area contributed by atoms with Crippen LogP contribution in [0.4, 0.5) is 0 Å². The standard InChI is InChI=1S/C10H15.C3H5Br.Ti/c1-7-6-10(4,5)9(3)8(7)2;1-2-3-4;/h1-5H3;2H,1,3H2;/q-1;;. The fraction of sp³-hybridized carbons (Fsp3) is 0.538. The molecule has 1 aliphatic rings. The number of rotatable bonds is 1. The van der Waals surface area contributed by atoms with Gasteiger partial charge in [-0.3, -0.25) is 6.08 Å². The summed E-state index contributed by atoms with van der Waals surface area (Å²) in [5.41, 5.74) is 4.39. The second-order valence-corrected chi connectivity index (χ2v) is 4.72. The van der Waals surface area contributed by atoms with E-state index in [9.17, 15) is 0 Å². The Kier molecular flexibility index (Phi) is 9.08. The van der Waals surface area contributed by atoms with Crippen LogP contribution in [-0.4, -0.2) is 5.33 Å². The molecule has 1 aliphatic carbocycles. The molecule has 0 fully saturated rings. The van der Waals surface area contributed by atoms with E-state index in [4.69, 9.17) is 0 Å². The summed E-state index contributed by atoms with van der Waals surface area (Å²) in [6.07, 6.45) is 5.23. The Labute approximate surface area is 118 Å². The molecule has 0 heterocycles. The van der Waals surface area contributed by atoms with E-state index in [1.807, 2.05) is 0 Å². The third kappa shape index (κ3) is 5.33. The molecular weight excluding hydrogens is 284 g/mol. The van der Waals surface area contributed by atoms with Gasteiger partial charge in [0.05, 0.1) is 0 Å². The molecule has 0 aliphatic heterocycles. The van der Waals surface area contributed by atoms with Crippen LogP contribution in [0.1, 0.15) is 34.6 Å². The molecule has 0 aromatic heterocycles. The smallest absolute Gasteiger partial charge is 0.0209 e. The van der Waals surface area contributed by atoms with Crippen LogP contribution in [0.15, 0.2) is 29.4 Å². The second-order valence-electron chi connectivity index (χ2n) is 4.07. The van der Waals surface area contributed by atoms with Crippen LogP contribution in [-0.2, 0) is 21.7 Å². The van der Waals surface area contributed by atoms with Crippen molar-refractivity contribution in [2.75, 3.05) is 5.33 Å². The first kappa shape index (κ1) is 17.8. The average Bonchev–Trinajstić information content (AvgIpc) is 2.30. The van der Waals surface area contributed by atoms with Crippen molar-refractivity contribution in [1.29, 1.82) is 0 Å². The number of alkyl halides is 1. The van der Waals surface area contributed by atoms with Crippen LogP contribution in [0.25, 0.3) is 0 Å². The fourth-order valence-corrected chi connectivity index (χ4v) is 1.41. The third-order valence-corrected chi connectivity index (χ3v) is 3.13. The molecule has 0 aromatic carbocycles. The van der Waals surface area contributed by atoms with Gasteiger partial charge in [0, 0.05) is 27.0 Å². The normalized spacial score (nSPS) is 17.3. The van der Waals surface area contributed by atoms with Crippen LogP contribution in [0.5, 0.6) is 0 Å². The second kappa shape index (κ2) is 7.65. The zero-order chi connectivity index (χ0) is 11.4. The number of allylic oxidation sites excluding steroid dienone is 5. The average molecular weight is 304 g/mol. The molecule has 2 heteroatoms. The Hall–Kier alpha value is 0.414. The maximum absolute atomic E-state index is 3.44. The Bertz CT molecular complexity index is 272. The van der Waals surface area contributed by atoms with Crippen LogP contribution in [0, 0.1) is 11.5 Å². The van der Waals surface area contributed by atoms with E-state index >= 15 is 0 Å². The summed E-state index contributed by atoms with van der Waals surface area (Å²) in [5, 5.41) is 0.896. The summed E-state index contributed by atoms with van der Waals surface area (Å²) in [5.74, 6) is 0. The molecule has 84 valence electrons. The number of hydrogen-bond acceptors (Lipinski definition) is 0. The van der Waals surface area contributed by atoms with Gasteiger partial charge in [-0.15, -0.1) is 13.5 Å². The first-order valence-corrected chi connectivity index (χ1v) is 5.96. The summed E-state index contributed by atoms with van der Waals surface area (Å²) >= 11 is 3.13. The quantitative estimate of drug-likeness (QED) is 0.286. The zero-order valence-electron chi connectivity index (χ0n) is 10.4. The Morgan fingerprint density at radius 2 is 1.73 bits per heavy atom. The minimum Gasteiger partial charge on any atom is -0.263 e. The van der Waals surface area contributed by atoms with Gasteiger partial charge >= 0.3 is 0 Å². The first-order valence-electron chi connectivity index (χ1n) is 4.83. The van der Waals surface area contributed by atoms with Gasteiger partial charge in [-0.2, -0.15) is 11.1 Å². The first-order chi connectivity index (χ1) is 6.36. The molecule has 0 aromatic rings. The van der Waals surface area contributed by atoms with Crippen molar-refractivity contribution in [3.05, 3.63) is 35.5 Å². The van der Waals surface area contributed by atoms with Crippen molar-refractivity contribution >= 4 is 15.9 Å². The maximum atomic E-state index is 3.44. The molecule has 15 heavy (non-hydrogen) atoms. The molecule has 0 spiro atoms. The van der Waals surface area contributed by atoms with Gasteiger partial charge in [-0.05, 0) is 0 Å². The van der Waals surface area contributed by atoms with Crippen molar-refractivity contribution < 1.29 is 21.7 Å². The fourth-order valence-electron chi connectivity index (χ4n) is 1.41. The third-order valence-electron chi connectivity index (χ3n) is 2.67. The van der Waals surface area contributed by atoms with Gasteiger partial charge < -0.3 is 0 Å². The van der Waals surface area contributed by atoms with Crippen LogP contribution in [0.3, 0.4) is 0 Å². The molecule has 0 atom stereocenters. The van der Waals surface area contributed by atoms with Crippen LogP contribution >= 0.6 is 15.9 Å². The molecule has 0 unspecified atom stereocenters. The molecule has 0 N–H and O–H groups in total. The van der Waals surface area contributed by atoms with Crippen molar-refractivity contribution in [3.63, 3.8) is 0 Å². The van der Waals surface area contributed by atoms with Crippen LogP contribution in [0.2, 0.25) is 0 Å².